The molecule has 8 nitrogen and oxygen atoms in total. The third-order valence-corrected chi connectivity index (χ3v) is 8.02. The van der Waals surface area contributed by atoms with Gasteiger partial charge in [0.1, 0.15) is 10.8 Å². The molecule has 0 saturated carbocycles. The number of carbonyl (C=O) groups is 2. The molecule has 10 heteroatoms. The lowest BCUT2D eigenvalue weighted by molar-refractivity contribution is -0.113. The second kappa shape index (κ2) is 12.2. The van der Waals surface area contributed by atoms with E-state index in [1.54, 1.807) is 20.1 Å². The average Bonchev–Trinajstić information content (AvgIpc) is 3.35. The molecular formula is C26H30N4O4S2. The second-order valence-corrected chi connectivity index (χ2v) is 10.3. The summed E-state index contributed by atoms with van der Waals surface area (Å²) >= 11 is 2.78. The van der Waals surface area contributed by atoms with Gasteiger partial charge in [0.15, 0.2) is 11.0 Å². The quantitative estimate of drug-likeness (QED) is 0.164. The van der Waals surface area contributed by atoms with E-state index in [1.807, 2.05) is 28.8 Å². The maximum atomic E-state index is 13.0. The van der Waals surface area contributed by atoms with E-state index < -0.39 is 0 Å². The molecule has 0 fully saturated rings. The van der Waals surface area contributed by atoms with Gasteiger partial charge in [-0.15, -0.1) is 28.1 Å². The predicted molar refractivity (Wildman–Crippen MR) is 143 cm³/mol. The van der Waals surface area contributed by atoms with Crippen LogP contribution in [0, 0.1) is 0 Å². The fourth-order valence-electron chi connectivity index (χ4n) is 4.21. The monoisotopic (exact) mass is 526 g/mol. The summed E-state index contributed by atoms with van der Waals surface area (Å²) < 4.78 is 12.6. The molecular weight excluding hydrogens is 496 g/mol. The van der Waals surface area contributed by atoms with Gasteiger partial charge in [0, 0.05) is 17.0 Å². The smallest absolute Gasteiger partial charge is 0.341 e. The van der Waals surface area contributed by atoms with E-state index in [4.69, 9.17) is 9.47 Å². The van der Waals surface area contributed by atoms with Crippen molar-refractivity contribution in [1.82, 2.24) is 14.8 Å². The molecule has 190 valence electrons. The summed E-state index contributed by atoms with van der Waals surface area (Å²) in [5.41, 5.74) is 2.42. The Labute approximate surface area is 219 Å². The molecule has 1 aromatic carbocycles. The zero-order valence-corrected chi connectivity index (χ0v) is 22.2. The molecule has 1 aliphatic carbocycles. The van der Waals surface area contributed by atoms with Gasteiger partial charge in [0.2, 0.25) is 5.91 Å². The molecule has 1 N–H and O–H groups in total. The summed E-state index contributed by atoms with van der Waals surface area (Å²) in [7, 11) is 1.62. The van der Waals surface area contributed by atoms with Crippen molar-refractivity contribution in [3.63, 3.8) is 0 Å². The minimum atomic E-state index is -0.367. The Bertz CT molecular complexity index is 1250. The van der Waals surface area contributed by atoms with E-state index in [9.17, 15) is 9.59 Å². The van der Waals surface area contributed by atoms with Crippen LogP contribution < -0.4 is 10.1 Å². The first kappa shape index (κ1) is 26.0. The van der Waals surface area contributed by atoms with Crippen LogP contribution >= 0.6 is 23.1 Å². The molecule has 4 rings (SSSR count). The minimum absolute atomic E-state index is 0.123. The number of carbonyl (C=O) groups excluding carboxylic acids is 2. The highest BCUT2D eigenvalue weighted by atomic mass is 32.2. The van der Waals surface area contributed by atoms with Crippen molar-refractivity contribution in [2.24, 2.45) is 0 Å². The van der Waals surface area contributed by atoms with Crippen molar-refractivity contribution < 1.29 is 19.1 Å². The molecule has 2 heterocycles. The average molecular weight is 527 g/mol. The number of hydrogen-bond donors (Lipinski definition) is 1. The second-order valence-electron chi connectivity index (χ2n) is 8.26. The number of aryl methyl sites for hydroxylation is 1. The third-order valence-electron chi connectivity index (χ3n) is 5.84. The van der Waals surface area contributed by atoms with E-state index in [-0.39, 0.29) is 17.6 Å². The summed E-state index contributed by atoms with van der Waals surface area (Å²) in [6.07, 6.45) is 6.80. The van der Waals surface area contributed by atoms with E-state index in [0.29, 0.717) is 34.7 Å². The van der Waals surface area contributed by atoms with Crippen molar-refractivity contribution in [2.45, 2.75) is 50.7 Å². The van der Waals surface area contributed by atoms with Crippen LogP contribution in [0.4, 0.5) is 5.00 Å². The van der Waals surface area contributed by atoms with Crippen molar-refractivity contribution in [3.8, 4) is 17.1 Å². The molecule has 36 heavy (non-hydrogen) atoms. The number of rotatable bonds is 10. The number of fused-ring (bicyclic) bond motifs is 1. The predicted octanol–water partition coefficient (Wildman–Crippen LogP) is 5.38. The fourth-order valence-corrected chi connectivity index (χ4v) is 6.25. The Morgan fingerprint density at radius 1 is 1.25 bits per heavy atom. The third kappa shape index (κ3) is 5.82. The zero-order chi connectivity index (χ0) is 25.5. The highest BCUT2D eigenvalue weighted by Gasteiger charge is 2.27. The largest absolute Gasteiger partial charge is 0.497 e. The van der Waals surface area contributed by atoms with Gasteiger partial charge in [-0.25, -0.2) is 4.79 Å². The Kier molecular flexibility index (Phi) is 8.82. The number of hydrogen-bond acceptors (Lipinski definition) is 8. The van der Waals surface area contributed by atoms with Crippen LogP contribution in [-0.4, -0.2) is 46.1 Å². The van der Waals surface area contributed by atoms with Gasteiger partial charge in [-0.2, -0.15) is 0 Å². The molecule has 2 aromatic heterocycles. The van der Waals surface area contributed by atoms with Crippen LogP contribution in [0.5, 0.6) is 5.75 Å². The van der Waals surface area contributed by atoms with Crippen LogP contribution in [0.3, 0.4) is 0 Å². The molecule has 1 amide bonds. The number of nitrogens with zero attached hydrogens (tertiary/aromatic N) is 3. The normalized spacial score (nSPS) is 12.9. The summed E-state index contributed by atoms with van der Waals surface area (Å²) in [6.45, 7) is 6.42. The van der Waals surface area contributed by atoms with Gasteiger partial charge < -0.3 is 14.8 Å². The van der Waals surface area contributed by atoms with Crippen molar-refractivity contribution >= 4 is 40.0 Å². The number of thioether (sulfide) groups is 1. The summed E-state index contributed by atoms with van der Waals surface area (Å²) in [5.74, 6) is 0.939. The topological polar surface area (TPSA) is 95.3 Å². The number of thiophene rings is 1. The summed E-state index contributed by atoms with van der Waals surface area (Å²) in [6, 6.07) is 7.59. The van der Waals surface area contributed by atoms with Crippen LogP contribution in [0.25, 0.3) is 11.4 Å². The van der Waals surface area contributed by atoms with Crippen molar-refractivity contribution in [1.29, 1.82) is 0 Å². The van der Waals surface area contributed by atoms with Crippen LogP contribution in [0.1, 0.15) is 47.0 Å². The zero-order valence-electron chi connectivity index (χ0n) is 20.5. The number of ether oxygens (including phenoxy) is 2. The lowest BCUT2D eigenvalue weighted by Crippen LogP contribution is -2.17. The van der Waals surface area contributed by atoms with Gasteiger partial charge >= 0.3 is 5.97 Å². The molecule has 0 aliphatic heterocycles. The highest BCUT2D eigenvalue weighted by Crippen LogP contribution is 2.38. The first-order valence-corrected chi connectivity index (χ1v) is 13.8. The van der Waals surface area contributed by atoms with Gasteiger partial charge in [-0.3, -0.25) is 9.36 Å². The van der Waals surface area contributed by atoms with E-state index >= 15 is 0 Å². The lowest BCUT2D eigenvalue weighted by atomic mass is 10.1. The maximum Gasteiger partial charge on any atom is 0.341 e. The number of methoxy groups -OCH3 is 1. The molecule has 3 aromatic rings. The van der Waals surface area contributed by atoms with Gasteiger partial charge in [-0.1, -0.05) is 36.4 Å². The number of amides is 1. The number of benzene rings is 1. The Balaban J connectivity index is 1.51. The van der Waals surface area contributed by atoms with Gasteiger partial charge in [0.25, 0.3) is 0 Å². The molecule has 0 spiro atoms. The number of esters is 1. The number of anilines is 1. The minimum Gasteiger partial charge on any atom is -0.497 e. The van der Waals surface area contributed by atoms with E-state index in [1.165, 1.54) is 28.0 Å². The van der Waals surface area contributed by atoms with E-state index in [2.05, 4.69) is 22.1 Å². The molecule has 0 radical (unpaired) electrons. The number of nitrogens with one attached hydrogen (secondary N) is 1. The molecule has 0 bridgehead atoms. The Morgan fingerprint density at radius 3 is 2.86 bits per heavy atom. The summed E-state index contributed by atoms with van der Waals surface area (Å²) in [4.78, 5) is 26.9. The van der Waals surface area contributed by atoms with E-state index in [0.717, 1.165) is 49.0 Å². The summed E-state index contributed by atoms with van der Waals surface area (Å²) in [5, 5.41) is 12.8. The fraction of sp³-hybridized carbons (Fsp3) is 0.385. The maximum absolute atomic E-state index is 13.0. The van der Waals surface area contributed by atoms with Gasteiger partial charge in [0.05, 0.1) is 25.0 Å². The first-order valence-electron chi connectivity index (χ1n) is 12.0. The molecule has 0 saturated heterocycles. The lowest BCUT2D eigenvalue weighted by Gasteiger charge is -2.10. The number of allylic oxidation sites excluding steroid dienone is 1. The van der Waals surface area contributed by atoms with Crippen LogP contribution in [0.2, 0.25) is 0 Å². The Morgan fingerprint density at radius 2 is 2.08 bits per heavy atom. The standard InChI is InChI=1S/C26H30N4O4S2/c1-4-14-30-23(17-10-9-11-18(15-17)33-3)28-29-26(30)35-16-21(31)27-24-22(25(32)34-5-2)19-12-7-6-8-13-20(19)36-24/h4,9-11,15H,1,5-8,12-14,16H2,2-3H3,(H,27,31). The molecule has 0 unspecified atom stereocenters. The Hall–Kier alpha value is -3.11. The molecule has 1 aliphatic rings. The number of aromatic nitrogens is 3. The van der Waals surface area contributed by atoms with Gasteiger partial charge in [-0.05, 0) is 50.3 Å². The van der Waals surface area contributed by atoms with Crippen molar-refractivity contribution in [2.75, 3.05) is 24.8 Å². The first-order chi connectivity index (χ1) is 17.5. The van der Waals surface area contributed by atoms with Crippen molar-refractivity contribution in [3.05, 3.63) is 52.9 Å². The van der Waals surface area contributed by atoms with Crippen LogP contribution in [0.15, 0.2) is 42.1 Å². The molecule has 0 atom stereocenters. The highest BCUT2D eigenvalue weighted by molar-refractivity contribution is 7.99. The van der Waals surface area contributed by atoms with Crippen LogP contribution in [-0.2, 0) is 28.9 Å². The SMILES string of the molecule is C=CCn1c(SCC(=O)Nc2sc3c(c2C(=O)OCC)CCCCC3)nnc1-c1cccc(OC)c1.